The Morgan fingerprint density at radius 2 is 2.15 bits per heavy atom. The average Bonchev–Trinajstić information content (AvgIpc) is 2.42. The van der Waals surface area contributed by atoms with Gasteiger partial charge < -0.3 is 10.6 Å². The van der Waals surface area contributed by atoms with E-state index in [9.17, 15) is 0 Å². The van der Waals surface area contributed by atoms with E-state index in [-0.39, 0.29) is 24.0 Å². The van der Waals surface area contributed by atoms with Crippen molar-refractivity contribution in [1.82, 2.24) is 15.6 Å². The van der Waals surface area contributed by atoms with E-state index in [1.165, 1.54) is 25.7 Å². The second-order valence-corrected chi connectivity index (χ2v) is 5.31. The summed E-state index contributed by atoms with van der Waals surface area (Å²) in [6, 6.07) is 5.94. The fourth-order valence-corrected chi connectivity index (χ4v) is 2.50. The summed E-state index contributed by atoms with van der Waals surface area (Å²) in [5, 5.41) is 6.75. The van der Waals surface area contributed by atoms with Crippen molar-refractivity contribution in [1.29, 1.82) is 0 Å². The van der Waals surface area contributed by atoms with E-state index in [1.807, 2.05) is 31.4 Å². The minimum Gasteiger partial charge on any atom is -0.356 e. The Hall–Kier alpha value is -0.850. The molecule has 0 aliphatic heterocycles. The lowest BCUT2D eigenvalue weighted by molar-refractivity contribution is 0.131. The van der Waals surface area contributed by atoms with Crippen molar-refractivity contribution in [2.45, 2.75) is 39.2 Å². The molecule has 112 valence electrons. The zero-order chi connectivity index (χ0) is 13.6. The molecule has 2 N–H and O–H groups in total. The van der Waals surface area contributed by atoms with Crippen molar-refractivity contribution in [2.24, 2.45) is 10.4 Å². The van der Waals surface area contributed by atoms with Gasteiger partial charge in [0.15, 0.2) is 5.96 Å². The lowest BCUT2D eigenvalue weighted by Gasteiger charge is -2.41. The van der Waals surface area contributed by atoms with Crippen molar-refractivity contribution in [3.8, 4) is 0 Å². The number of halogens is 1. The van der Waals surface area contributed by atoms with Crippen LogP contribution >= 0.6 is 24.0 Å². The van der Waals surface area contributed by atoms with E-state index in [0.717, 1.165) is 18.2 Å². The largest absolute Gasteiger partial charge is 0.356 e. The molecule has 4 nitrogen and oxygen atoms in total. The highest BCUT2D eigenvalue weighted by Gasteiger charge is 2.34. The Morgan fingerprint density at radius 3 is 2.65 bits per heavy atom. The molecule has 1 aliphatic carbocycles. The second kappa shape index (κ2) is 8.44. The van der Waals surface area contributed by atoms with Gasteiger partial charge in [-0.1, -0.05) is 19.4 Å². The highest BCUT2D eigenvalue weighted by molar-refractivity contribution is 14.0. The Balaban J connectivity index is 0.00000200. The molecule has 0 amide bonds. The SMILES string of the molecule is CCC1(CNC(=NC)NCc2ccccn2)CCC1.I. The van der Waals surface area contributed by atoms with Gasteiger partial charge in [-0.3, -0.25) is 9.98 Å². The number of hydrogen-bond donors (Lipinski definition) is 2. The van der Waals surface area contributed by atoms with Crippen LogP contribution in [0.25, 0.3) is 0 Å². The van der Waals surface area contributed by atoms with Gasteiger partial charge in [-0.05, 0) is 36.8 Å². The number of guanidine groups is 1. The third-order valence-electron chi connectivity index (χ3n) is 4.18. The molecule has 1 saturated carbocycles. The Labute approximate surface area is 138 Å². The molecule has 20 heavy (non-hydrogen) atoms. The Morgan fingerprint density at radius 1 is 1.35 bits per heavy atom. The predicted molar refractivity (Wildman–Crippen MR) is 94.4 cm³/mol. The van der Waals surface area contributed by atoms with Crippen LogP contribution < -0.4 is 10.6 Å². The van der Waals surface area contributed by atoms with Gasteiger partial charge in [0.05, 0.1) is 12.2 Å². The molecule has 5 heteroatoms. The minimum absolute atomic E-state index is 0. The molecular weight excluding hydrogens is 363 g/mol. The van der Waals surface area contributed by atoms with Crippen LogP contribution in [0.2, 0.25) is 0 Å². The van der Waals surface area contributed by atoms with Gasteiger partial charge in [-0.2, -0.15) is 0 Å². The summed E-state index contributed by atoms with van der Waals surface area (Å²) in [4.78, 5) is 8.56. The van der Waals surface area contributed by atoms with Crippen molar-refractivity contribution < 1.29 is 0 Å². The van der Waals surface area contributed by atoms with E-state index in [2.05, 4.69) is 27.5 Å². The highest BCUT2D eigenvalue weighted by Crippen LogP contribution is 2.42. The zero-order valence-electron chi connectivity index (χ0n) is 12.4. The van der Waals surface area contributed by atoms with Gasteiger partial charge in [0, 0.05) is 19.8 Å². The molecule has 0 spiro atoms. The van der Waals surface area contributed by atoms with Crippen LogP contribution in [0.15, 0.2) is 29.4 Å². The number of pyridine rings is 1. The number of nitrogens with one attached hydrogen (secondary N) is 2. The maximum Gasteiger partial charge on any atom is 0.191 e. The van der Waals surface area contributed by atoms with Crippen molar-refractivity contribution >= 4 is 29.9 Å². The third kappa shape index (κ3) is 4.61. The summed E-state index contributed by atoms with van der Waals surface area (Å²) in [6.45, 7) is 4.01. The number of nitrogens with zero attached hydrogens (tertiary/aromatic N) is 2. The molecule has 1 heterocycles. The first-order valence-corrected chi connectivity index (χ1v) is 7.12. The molecule has 0 radical (unpaired) electrons. The van der Waals surface area contributed by atoms with Gasteiger partial charge in [0.1, 0.15) is 0 Å². The fraction of sp³-hybridized carbons (Fsp3) is 0.600. The Kier molecular flexibility index (Phi) is 7.26. The van der Waals surface area contributed by atoms with Gasteiger partial charge in [-0.25, -0.2) is 0 Å². The Bertz CT molecular complexity index is 410. The highest BCUT2D eigenvalue weighted by atomic mass is 127. The number of rotatable bonds is 5. The smallest absolute Gasteiger partial charge is 0.191 e. The molecule has 1 aromatic heterocycles. The first kappa shape index (κ1) is 17.2. The maximum absolute atomic E-state index is 4.29. The van der Waals surface area contributed by atoms with Crippen LogP contribution in [0.1, 0.15) is 38.3 Å². The predicted octanol–water partition coefficient (Wildman–Crippen LogP) is 2.94. The topological polar surface area (TPSA) is 49.3 Å². The maximum atomic E-state index is 4.29. The van der Waals surface area contributed by atoms with Crippen LogP contribution in [-0.4, -0.2) is 24.5 Å². The van der Waals surface area contributed by atoms with Crippen molar-refractivity contribution in [2.75, 3.05) is 13.6 Å². The number of hydrogen-bond acceptors (Lipinski definition) is 2. The molecule has 0 bridgehead atoms. The van der Waals surface area contributed by atoms with Crippen molar-refractivity contribution in [3.63, 3.8) is 0 Å². The lowest BCUT2D eigenvalue weighted by atomic mass is 9.67. The monoisotopic (exact) mass is 388 g/mol. The van der Waals surface area contributed by atoms with Gasteiger partial charge >= 0.3 is 0 Å². The first-order chi connectivity index (χ1) is 9.28. The van der Waals surface area contributed by atoms with Crippen molar-refractivity contribution in [3.05, 3.63) is 30.1 Å². The molecule has 1 aliphatic rings. The first-order valence-electron chi connectivity index (χ1n) is 7.12. The second-order valence-electron chi connectivity index (χ2n) is 5.31. The molecule has 0 unspecified atom stereocenters. The van der Waals surface area contributed by atoms with Crippen LogP contribution in [0.3, 0.4) is 0 Å². The number of aromatic nitrogens is 1. The lowest BCUT2D eigenvalue weighted by Crippen LogP contribution is -2.46. The average molecular weight is 388 g/mol. The molecule has 0 saturated heterocycles. The quantitative estimate of drug-likeness (QED) is 0.463. The van der Waals surface area contributed by atoms with E-state index in [0.29, 0.717) is 12.0 Å². The molecule has 1 fully saturated rings. The third-order valence-corrected chi connectivity index (χ3v) is 4.18. The van der Waals surface area contributed by atoms with Gasteiger partial charge in [0.25, 0.3) is 0 Å². The summed E-state index contributed by atoms with van der Waals surface area (Å²) in [7, 11) is 1.81. The standard InChI is InChI=1S/C15H24N4.HI/c1-3-15(8-6-9-15)12-19-14(16-2)18-11-13-7-4-5-10-17-13;/h4-5,7,10H,3,6,8-9,11-12H2,1-2H3,(H2,16,18,19);1H. The summed E-state index contributed by atoms with van der Waals surface area (Å²) >= 11 is 0. The van der Waals surface area contributed by atoms with E-state index >= 15 is 0 Å². The van der Waals surface area contributed by atoms with Crippen LogP contribution in [-0.2, 0) is 6.54 Å². The number of aliphatic imine (C=N–C) groups is 1. The molecule has 2 rings (SSSR count). The zero-order valence-corrected chi connectivity index (χ0v) is 14.7. The molecule has 0 aromatic carbocycles. The molecule has 1 aromatic rings. The normalized spacial score (nSPS) is 16.8. The van der Waals surface area contributed by atoms with Gasteiger partial charge in [-0.15, -0.1) is 24.0 Å². The van der Waals surface area contributed by atoms with Gasteiger partial charge in [0.2, 0.25) is 0 Å². The minimum atomic E-state index is 0. The summed E-state index contributed by atoms with van der Waals surface area (Å²) in [6.07, 6.45) is 7.11. The van der Waals surface area contributed by atoms with E-state index in [4.69, 9.17) is 0 Å². The van der Waals surface area contributed by atoms with E-state index in [1.54, 1.807) is 0 Å². The molecule has 0 atom stereocenters. The van der Waals surface area contributed by atoms with Crippen LogP contribution in [0.4, 0.5) is 0 Å². The summed E-state index contributed by atoms with van der Waals surface area (Å²) in [5.41, 5.74) is 1.53. The van der Waals surface area contributed by atoms with E-state index < -0.39 is 0 Å². The fourth-order valence-electron chi connectivity index (χ4n) is 2.50. The van der Waals surface area contributed by atoms with Crippen LogP contribution in [0.5, 0.6) is 0 Å². The molecular formula is C15H25IN4. The van der Waals surface area contributed by atoms with Crippen LogP contribution in [0, 0.1) is 5.41 Å². The summed E-state index contributed by atoms with van der Waals surface area (Å²) in [5.74, 6) is 0.866. The summed E-state index contributed by atoms with van der Waals surface area (Å²) < 4.78 is 0.